The summed E-state index contributed by atoms with van der Waals surface area (Å²) < 4.78 is 15.7. The maximum Gasteiger partial charge on any atom is 0.323 e. The SMILES string of the molecule is CC(C)(C)c1nc(-c2ccnc(N)n2)c(-c2cccc(NC(=O)Nc3ccc(Cl)cc3)c2F)s1. The molecule has 10 heteroatoms. The van der Waals surface area contributed by atoms with E-state index in [0.29, 0.717) is 32.5 Å². The monoisotopic (exact) mass is 496 g/mol. The second kappa shape index (κ2) is 9.36. The first-order valence-corrected chi connectivity index (χ1v) is 11.5. The summed E-state index contributed by atoms with van der Waals surface area (Å²) in [7, 11) is 0. The lowest BCUT2D eigenvalue weighted by Crippen LogP contribution is -2.20. The van der Waals surface area contributed by atoms with Crippen molar-refractivity contribution < 1.29 is 9.18 Å². The average molecular weight is 497 g/mol. The molecule has 0 atom stereocenters. The highest BCUT2D eigenvalue weighted by atomic mass is 35.5. The summed E-state index contributed by atoms with van der Waals surface area (Å²) in [6, 6.07) is 12.5. The molecule has 0 saturated carbocycles. The molecule has 4 aromatic rings. The van der Waals surface area contributed by atoms with E-state index in [1.807, 2.05) is 20.8 Å². The van der Waals surface area contributed by atoms with Crippen molar-refractivity contribution in [2.45, 2.75) is 26.2 Å². The molecular weight excluding hydrogens is 475 g/mol. The molecule has 2 aromatic heterocycles. The van der Waals surface area contributed by atoms with Crippen molar-refractivity contribution in [3.05, 3.63) is 70.6 Å². The lowest BCUT2D eigenvalue weighted by atomic mass is 9.98. The van der Waals surface area contributed by atoms with Gasteiger partial charge >= 0.3 is 6.03 Å². The number of hydrogen-bond acceptors (Lipinski definition) is 6. The van der Waals surface area contributed by atoms with Gasteiger partial charge in [-0.05, 0) is 36.4 Å². The molecule has 2 aromatic carbocycles. The number of hydrogen-bond donors (Lipinski definition) is 3. The van der Waals surface area contributed by atoms with E-state index in [0.717, 1.165) is 5.01 Å². The van der Waals surface area contributed by atoms with Gasteiger partial charge in [0.05, 0.1) is 21.3 Å². The summed E-state index contributed by atoms with van der Waals surface area (Å²) in [6.45, 7) is 6.09. The number of nitrogens with one attached hydrogen (secondary N) is 2. The molecule has 0 spiro atoms. The summed E-state index contributed by atoms with van der Waals surface area (Å²) >= 11 is 7.25. The number of halogens is 2. The maximum absolute atomic E-state index is 15.7. The third kappa shape index (κ3) is 5.16. The first-order valence-electron chi connectivity index (χ1n) is 10.3. The van der Waals surface area contributed by atoms with Crippen LogP contribution in [0.3, 0.4) is 0 Å². The third-order valence-corrected chi connectivity index (χ3v) is 6.55. The molecule has 174 valence electrons. The Morgan fingerprint density at radius 2 is 1.79 bits per heavy atom. The zero-order valence-corrected chi connectivity index (χ0v) is 20.3. The fourth-order valence-electron chi connectivity index (χ4n) is 3.12. The van der Waals surface area contributed by atoms with Crippen LogP contribution in [0.25, 0.3) is 21.8 Å². The van der Waals surface area contributed by atoms with E-state index in [1.165, 1.54) is 23.6 Å². The normalized spacial score (nSPS) is 11.3. The van der Waals surface area contributed by atoms with Crippen LogP contribution < -0.4 is 16.4 Å². The first-order chi connectivity index (χ1) is 16.1. The van der Waals surface area contributed by atoms with Gasteiger partial charge in [-0.25, -0.2) is 24.1 Å². The second-order valence-electron chi connectivity index (χ2n) is 8.50. The topological polar surface area (TPSA) is 106 Å². The minimum absolute atomic E-state index is 0.0304. The minimum Gasteiger partial charge on any atom is -0.368 e. The number of urea groups is 1. The van der Waals surface area contributed by atoms with Gasteiger partial charge in [0, 0.05) is 27.9 Å². The maximum atomic E-state index is 15.7. The van der Waals surface area contributed by atoms with E-state index in [9.17, 15) is 4.79 Å². The van der Waals surface area contributed by atoms with E-state index in [4.69, 9.17) is 22.3 Å². The van der Waals surface area contributed by atoms with E-state index in [2.05, 4.69) is 20.6 Å². The number of benzene rings is 2. The number of nitrogens with zero attached hydrogens (tertiary/aromatic N) is 3. The summed E-state index contributed by atoms with van der Waals surface area (Å²) in [5.41, 5.74) is 7.36. The summed E-state index contributed by atoms with van der Waals surface area (Å²) in [5, 5.41) is 6.58. The van der Waals surface area contributed by atoms with Gasteiger partial charge in [-0.3, -0.25) is 0 Å². The van der Waals surface area contributed by atoms with Crippen molar-refractivity contribution in [2.75, 3.05) is 16.4 Å². The molecule has 0 fully saturated rings. The highest BCUT2D eigenvalue weighted by molar-refractivity contribution is 7.15. The molecule has 4 N–H and O–H groups in total. The van der Waals surface area contributed by atoms with E-state index in [1.54, 1.807) is 42.5 Å². The summed E-state index contributed by atoms with van der Waals surface area (Å²) in [4.78, 5) is 26.0. The van der Waals surface area contributed by atoms with Crippen molar-refractivity contribution in [3.8, 4) is 21.8 Å². The Hall–Kier alpha value is -3.56. The van der Waals surface area contributed by atoms with Gasteiger partial charge in [0.2, 0.25) is 5.95 Å². The Kier molecular flexibility index (Phi) is 6.49. The van der Waals surface area contributed by atoms with Gasteiger partial charge in [0.1, 0.15) is 5.69 Å². The van der Waals surface area contributed by atoms with Crippen LogP contribution in [-0.4, -0.2) is 21.0 Å². The largest absolute Gasteiger partial charge is 0.368 e. The Morgan fingerprint density at radius 1 is 1.06 bits per heavy atom. The quantitative estimate of drug-likeness (QED) is 0.296. The molecule has 0 aliphatic rings. The van der Waals surface area contributed by atoms with Crippen molar-refractivity contribution in [2.24, 2.45) is 0 Å². The predicted octanol–water partition coefficient (Wildman–Crippen LogP) is 6.58. The zero-order valence-electron chi connectivity index (χ0n) is 18.7. The number of nitrogen functional groups attached to an aromatic ring is 1. The molecule has 34 heavy (non-hydrogen) atoms. The number of amides is 2. The molecule has 2 amide bonds. The minimum atomic E-state index is -0.582. The number of carbonyl (C=O) groups excluding carboxylic acids is 1. The van der Waals surface area contributed by atoms with Crippen LogP contribution in [-0.2, 0) is 5.41 Å². The third-order valence-electron chi connectivity index (χ3n) is 4.78. The number of aromatic nitrogens is 3. The number of rotatable bonds is 4. The average Bonchev–Trinajstić information content (AvgIpc) is 3.23. The van der Waals surface area contributed by atoms with Crippen LogP contribution in [0.5, 0.6) is 0 Å². The van der Waals surface area contributed by atoms with Crippen LogP contribution >= 0.6 is 22.9 Å². The standard InChI is InChI=1S/C24H22ClFN6OS/c1-24(2,3)21-32-19(17-11-12-28-22(27)30-17)20(34-21)15-5-4-6-16(18(15)26)31-23(33)29-14-9-7-13(25)8-10-14/h4-12H,1-3H3,(H2,27,28,30)(H2,29,31,33). The molecule has 0 aliphatic heterocycles. The number of thiazole rings is 1. The van der Waals surface area contributed by atoms with Crippen LogP contribution in [0.15, 0.2) is 54.7 Å². The fraction of sp³-hybridized carbons (Fsp3) is 0.167. The van der Waals surface area contributed by atoms with Gasteiger partial charge in [-0.1, -0.05) is 44.5 Å². The lowest BCUT2D eigenvalue weighted by Gasteiger charge is -2.13. The molecule has 0 unspecified atom stereocenters. The summed E-state index contributed by atoms with van der Waals surface area (Å²) in [5.74, 6) is -0.482. The van der Waals surface area contributed by atoms with Gasteiger partial charge in [0.25, 0.3) is 0 Å². The highest BCUT2D eigenvalue weighted by Crippen LogP contribution is 2.42. The molecule has 2 heterocycles. The Morgan fingerprint density at radius 3 is 2.47 bits per heavy atom. The molecule has 7 nitrogen and oxygen atoms in total. The Labute approximate surface area is 205 Å². The van der Waals surface area contributed by atoms with Gasteiger partial charge in [-0.2, -0.15) is 0 Å². The fourth-order valence-corrected chi connectivity index (χ4v) is 4.40. The van der Waals surface area contributed by atoms with Crippen molar-refractivity contribution in [1.82, 2.24) is 15.0 Å². The van der Waals surface area contributed by atoms with E-state index >= 15 is 4.39 Å². The van der Waals surface area contributed by atoms with Crippen LogP contribution in [0.4, 0.5) is 26.5 Å². The Balaban J connectivity index is 1.71. The van der Waals surface area contributed by atoms with Gasteiger partial charge in [-0.15, -0.1) is 11.3 Å². The molecular formula is C24H22ClFN6OS. The second-order valence-corrected chi connectivity index (χ2v) is 9.94. The number of carbonyl (C=O) groups is 1. The first kappa shape index (κ1) is 23.6. The number of anilines is 3. The van der Waals surface area contributed by atoms with Gasteiger partial charge in [0.15, 0.2) is 5.82 Å². The number of nitrogens with two attached hydrogens (primary N) is 1. The Bertz CT molecular complexity index is 1350. The molecule has 0 aliphatic carbocycles. The molecule has 0 saturated heterocycles. The van der Waals surface area contributed by atoms with Gasteiger partial charge < -0.3 is 16.4 Å². The van der Waals surface area contributed by atoms with Crippen LogP contribution in [0, 0.1) is 5.82 Å². The van der Waals surface area contributed by atoms with Crippen molar-refractivity contribution >= 4 is 46.3 Å². The molecule has 0 bridgehead atoms. The van der Waals surface area contributed by atoms with E-state index in [-0.39, 0.29) is 17.1 Å². The lowest BCUT2D eigenvalue weighted by molar-refractivity contribution is 0.262. The van der Waals surface area contributed by atoms with Crippen LogP contribution in [0.2, 0.25) is 5.02 Å². The van der Waals surface area contributed by atoms with Crippen molar-refractivity contribution in [1.29, 1.82) is 0 Å². The summed E-state index contributed by atoms with van der Waals surface area (Å²) in [6.07, 6.45) is 1.53. The van der Waals surface area contributed by atoms with Crippen molar-refractivity contribution in [3.63, 3.8) is 0 Å². The van der Waals surface area contributed by atoms with Crippen LogP contribution in [0.1, 0.15) is 25.8 Å². The molecule has 4 rings (SSSR count). The zero-order chi connectivity index (χ0) is 24.5. The highest BCUT2D eigenvalue weighted by Gasteiger charge is 2.26. The van der Waals surface area contributed by atoms with E-state index < -0.39 is 11.8 Å². The smallest absolute Gasteiger partial charge is 0.323 e. The predicted molar refractivity (Wildman–Crippen MR) is 136 cm³/mol. The molecule has 0 radical (unpaired) electrons.